The van der Waals surface area contributed by atoms with E-state index in [1.807, 2.05) is 10.6 Å². The van der Waals surface area contributed by atoms with Crippen LogP contribution in [0.3, 0.4) is 0 Å². The lowest BCUT2D eigenvalue weighted by Crippen LogP contribution is -2.23. The maximum atomic E-state index is 4.23. The van der Waals surface area contributed by atoms with Gasteiger partial charge in [0.2, 0.25) is 0 Å². The molecule has 4 nitrogen and oxygen atoms in total. The van der Waals surface area contributed by atoms with Crippen LogP contribution in [0.1, 0.15) is 32.8 Å². The molecule has 0 amide bonds. The molecule has 1 N–H and O–H groups in total. The van der Waals surface area contributed by atoms with Crippen molar-refractivity contribution in [3.63, 3.8) is 0 Å². The van der Waals surface area contributed by atoms with E-state index in [4.69, 9.17) is 0 Å². The van der Waals surface area contributed by atoms with E-state index >= 15 is 0 Å². The average molecular weight is 232 g/mol. The highest BCUT2D eigenvalue weighted by molar-refractivity contribution is 5.51. The van der Waals surface area contributed by atoms with Crippen molar-refractivity contribution >= 4 is 11.5 Å². The van der Waals surface area contributed by atoms with Gasteiger partial charge in [0.05, 0.1) is 0 Å². The van der Waals surface area contributed by atoms with E-state index in [1.165, 1.54) is 5.56 Å². The van der Waals surface area contributed by atoms with Crippen LogP contribution >= 0.6 is 0 Å². The minimum atomic E-state index is 0.288. The second kappa shape index (κ2) is 4.35. The summed E-state index contributed by atoms with van der Waals surface area (Å²) in [5.41, 5.74) is 2.38. The van der Waals surface area contributed by atoms with Gasteiger partial charge in [-0.1, -0.05) is 20.8 Å². The maximum absolute atomic E-state index is 4.23. The zero-order valence-electron chi connectivity index (χ0n) is 11.0. The van der Waals surface area contributed by atoms with E-state index in [9.17, 15) is 0 Å². The predicted octanol–water partition coefficient (Wildman–Crippen LogP) is 2.89. The SMILES string of the molecule is CCC(C)(C)CNc1cc(C)cc2ncnn12. The summed E-state index contributed by atoms with van der Waals surface area (Å²) < 4.78 is 1.85. The molecule has 0 fully saturated rings. The van der Waals surface area contributed by atoms with Crippen LogP contribution in [-0.4, -0.2) is 21.1 Å². The second-order valence-electron chi connectivity index (χ2n) is 5.32. The van der Waals surface area contributed by atoms with Gasteiger partial charge < -0.3 is 5.32 Å². The lowest BCUT2D eigenvalue weighted by Gasteiger charge is -2.23. The first-order valence-electron chi connectivity index (χ1n) is 6.06. The summed E-state index contributed by atoms with van der Waals surface area (Å²) in [7, 11) is 0. The van der Waals surface area contributed by atoms with E-state index in [0.717, 1.165) is 24.4 Å². The van der Waals surface area contributed by atoms with Crippen LogP contribution in [0.4, 0.5) is 5.82 Å². The van der Waals surface area contributed by atoms with Crippen molar-refractivity contribution in [2.75, 3.05) is 11.9 Å². The van der Waals surface area contributed by atoms with Gasteiger partial charge in [0.25, 0.3) is 0 Å². The zero-order chi connectivity index (χ0) is 12.5. The zero-order valence-corrected chi connectivity index (χ0v) is 11.0. The first kappa shape index (κ1) is 11.9. The number of anilines is 1. The third-order valence-electron chi connectivity index (χ3n) is 3.23. The molecule has 0 spiro atoms. The lowest BCUT2D eigenvalue weighted by atomic mass is 9.90. The smallest absolute Gasteiger partial charge is 0.157 e. The molecule has 2 heterocycles. The quantitative estimate of drug-likeness (QED) is 0.881. The summed E-state index contributed by atoms with van der Waals surface area (Å²) in [5.74, 6) is 1.01. The first-order chi connectivity index (χ1) is 8.02. The third-order valence-corrected chi connectivity index (χ3v) is 3.23. The standard InChI is InChI=1S/C13H20N4/c1-5-13(3,4)8-14-11-6-10(2)7-12-15-9-16-17(11)12/h6-7,9,14H,5,8H2,1-4H3. The van der Waals surface area contributed by atoms with Crippen LogP contribution in [0, 0.1) is 12.3 Å². The number of pyridine rings is 1. The summed E-state index contributed by atoms with van der Waals surface area (Å²) in [4.78, 5) is 4.22. The molecule has 0 aliphatic heterocycles. The Morgan fingerprint density at radius 2 is 2.12 bits per heavy atom. The number of aryl methyl sites for hydroxylation is 1. The highest BCUT2D eigenvalue weighted by Crippen LogP contribution is 2.21. The van der Waals surface area contributed by atoms with Crippen molar-refractivity contribution in [1.82, 2.24) is 14.6 Å². The molecule has 0 unspecified atom stereocenters. The van der Waals surface area contributed by atoms with E-state index in [1.54, 1.807) is 6.33 Å². The fourth-order valence-corrected chi connectivity index (χ4v) is 1.64. The van der Waals surface area contributed by atoms with Gasteiger partial charge in [-0.25, -0.2) is 4.98 Å². The van der Waals surface area contributed by atoms with Gasteiger partial charge in [-0.05, 0) is 36.5 Å². The molecule has 2 aromatic rings. The Kier molecular flexibility index (Phi) is 3.05. The van der Waals surface area contributed by atoms with Crippen molar-refractivity contribution in [3.8, 4) is 0 Å². The maximum Gasteiger partial charge on any atom is 0.157 e. The van der Waals surface area contributed by atoms with Crippen molar-refractivity contribution in [2.45, 2.75) is 34.1 Å². The van der Waals surface area contributed by atoms with Gasteiger partial charge in [-0.15, -0.1) is 0 Å². The molecule has 0 saturated heterocycles. The van der Waals surface area contributed by atoms with Crippen molar-refractivity contribution in [2.24, 2.45) is 5.41 Å². The van der Waals surface area contributed by atoms with Crippen molar-refractivity contribution in [3.05, 3.63) is 24.0 Å². The lowest BCUT2D eigenvalue weighted by molar-refractivity contribution is 0.376. The summed E-state index contributed by atoms with van der Waals surface area (Å²) in [6.07, 6.45) is 2.73. The highest BCUT2D eigenvalue weighted by atomic mass is 15.3. The number of fused-ring (bicyclic) bond motifs is 1. The monoisotopic (exact) mass is 232 g/mol. The van der Waals surface area contributed by atoms with Crippen LogP contribution in [-0.2, 0) is 0 Å². The molecule has 0 saturated carbocycles. The minimum Gasteiger partial charge on any atom is -0.369 e. The average Bonchev–Trinajstić information content (AvgIpc) is 2.73. The van der Waals surface area contributed by atoms with Crippen LogP contribution in [0.2, 0.25) is 0 Å². The number of nitrogens with zero attached hydrogens (tertiary/aromatic N) is 3. The van der Waals surface area contributed by atoms with Crippen molar-refractivity contribution in [1.29, 1.82) is 0 Å². The molecule has 92 valence electrons. The molecule has 2 aromatic heterocycles. The Morgan fingerprint density at radius 3 is 2.82 bits per heavy atom. The normalized spacial score (nSPS) is 12.0. The molecule has 0 atom stereocenters. The van der Waals surface area contributed by atoms with Crippen LogP contribution < -0.4 is 5.32 Å². The summed E-state index contributed by atoms with van der Waals surface area (Å²) >= 11 is 0. The minimum absolute atomic E-state index is 0.288. The molecule has 0 aliphatic carbocycles. The van der Waals surface area contributed by atoms with Gasteiger partial charge in [-0.3, -0.25) is 0 Å². The highest BCUT2D eigenvalue weighted by Gasteiger charge is 2.15. The van der Waals surface area contributed by atoms with Crippen LogP contribution in [0.5, 0.6) is 0 Å². The largest absolute Gasteiger partial charge is 0.369 e. The number of hydrogen-bond donors (Lipinski definition) is 1. The van der Waals surface area contributed by atoms with Gasteiger partial charge >= 0.3 is 0 Å². The molecule has 0 bridgehead atoms. The van der Waals surface area contributed by atoms with Crippen LogP contribution in [0.25, 0.3) is 5.65 Å². The summed E-state index contributed by atoms with van der Waals surface area (Å²) in [6.45, 7) is 9.73. The summed E-state index contributed by atoms with van der Waals surface area (Å²) in [5, 5.41) is 7.70. The fraction of sp³-hybridized carbons (Fsp3) is 0.538. The Bertz CT molecular complexity index is 513. The van der Waals surface area contributed by atoms with E-state index in [0.29, 0.717) is 0 Å². The van der Waals surface area contributed by atoms with E-state index in [-0.39, 0.29) is 5.41 Å². The number of rotatable bonds is 4. The first-order valence-corrected chi connectivity index (χ1v) is 6.06. The molecule has 4 heteroatoms. The van der Waals surface area contributed by atoms with E-state index in [2.05, 4.69) is 49.2 Å². The second-order valence-corrected chi connectivity index (χ2v) is 5.32. The van der Waals surface area contributed by atoms with Gasteiger partial charge in [0, 0.05) is 6.54 Å². The predicted molar refractivity (Wildman–Crippen MR) is 70.3 cm³/mol. The Hall–Kier alpha value is -1.58. The molecule has 0 aromatic carbocycles. The Labute approximate surface area is 102 Å². The Morgan fingerprint density at radius 1 is 1.35 bits per heavy atom. The molecule has 2 rings (SSSR count). The molecular weight excluding hydrogens is 212 g/mol. The third kappa shape index (κ3) is 2.57. The van der Waals surface area contributed by atoms with Crippen LogP contribution in [0.15, 0.2) is 18.5 Å². The Balaban J connectivity index is 2.26. The fourth-order valence-electron chi connectivity index (χ4n) is 1.64. The number of hydrogen-bond acceptors (Lipinski definition) is 3. The van der Waals surface area contributed by atoms with Gasteiger partial charge in [-0.2, -0.15) is 9.61 Å². The van der Waals surface area contributed by atoms with Gasteiger partial charge in [0.15, 0.2) is 5.65 Å². The van der Waals surface area contributed by atoms with E-state index < -0.39 is 0 Å². The summed E-state index contributed by atoms with van der Waals surface area (Å²) in [6, 6.07) is 4.14. The molecule has 0 radical (unpaired) electrons. The molecular formula is C13H20N4. The number of aromatic nitrogens is 3. The van der Waals surface area contributed by atoms with Gasteiger partial charge in [0.1, 0.15) is 12.1 Å². The molecule has 0 aliphatic rings. The topological polar surface area (TPSA) is 42.2 Å². The number of nitrogens with one attached hydrogen (secondary N) is 1. The molecule has 17 heavy (non-hydrogen) atoms. The van der Waals surface area contributed by atoms with Crippen molar-refractivity contribution < 1.29 is 0 Å².